The van der Waals surface area contributed by atoms with E-state index in [4.69, 9.17) is 9.47 Å². The molecule has 0 bridgehead atoms. The van der Waals surface area contributed by atoms with Crippen molar-refractivity contribution in [3.05, 3.63) is 40.3 Å². The maximum absolute atomic E-state index is 13.3. The number of ether oxygens (including phenoxy) is 2. The maximum Gasteiger partial charge on any atom is 0.257 e. The Kier molecular flexibility index (Phi) is 7.85. The monoisotopic (exact) mass is 486 g/mol. The summed E-state index contributed by atoms with van der Waals surface area (Å²) in [5, 5.41) is 6.00. The van der Waals surface area contributed by atoms with E-state index in [2.05, 4.69) is 29.0 Å². The summed E-state index contributed by atoms with van der Waals surface area (Å²) in [5.74, 6) is 0.673. The van der Waals surface area contributed by atoms with Crippen LogP contribution < -0.4 is 10.1 Å². The Bertz CT molecular complexity index is 995. The van der Waals surface area contributed by atoms with Gasteiger partial charge in [0.25, 0.3) is 5.91 Å². The average Bonchev–Trinajstić information content (AvgIpc) is 3.56. The highest BCUT2D eigenvalue weighted by atomic mass is 32.1. The molecule has 8 nitrogen and oxygen atoms in total. The van der Waals surface area contributed by atoms with E-state index in [1.165, 1.54) is 0 Å². The molecule has 1 saturated carbocycles. The molecule has 2 aliphatic rings. The molecular formula is C25H34N4O4S. The van der Waals surface area contributed by atoms with Gasteiger partial charge in [-0.3, -0.25) is 14.5 Å². The van der Waals surface area contributed by atoms with Crippen LogP contribution in [0.25, 0.3) is 0 Å². The zero-order chi connectivity index (χ0) is 24.2. The van der Waals surface area contributed by atoms with Crippen molar-refractivity contribution in [2.75, 3.05) is 39.2 Å². The minimum atomic E-state index is -0.128. The molecule has 4 rings (SSSR count). The van der Waals surface area contributed by atoms with Gasteiger partial charge >= 0.3 is 0 Å². The Balaban J connectivity index is 1.62. The first-order valence-electron chi connectivity index (χ1n) is 11.8. The van der Waals surface area contributed by atoms with Crippen LogP contribution >= 0.6 is 11.3 Å². The molecule has 1 fully saturated rings. The zero-order valence-electron chi connectivity index (χ0n) is 20.3. The van der Waals surface area contributed by atoms with Crippen molar-refractivity contribution in [1.29, 1.82) is 0 Å². The van der Waals surface area contributed by atoms with Crippen molar-refractivity contribution in [1.82, 2.24) is 14.8 Å². The van der Waals surface area contributed by atoms with Crippen molar-refractivity contribution in [2.24, 2.45) is 11.8 Å². The van der Waals surface area contributed by atoms with Crippen molar-refractivity contribution in [3.8, 4) is 5.75 Å². The van der Waals surface area contributed by atoms with Gasteiger partial charge in [-0.1, -0.05) is 6.92 Å². The van der Waals surface area contributed by atoms with Crippen LogP contribution in [0, 0.1) is 11.8 Å². The van der Waals surface area contributed by atoms with Crippen LogP contribution in [0.15, 0.2) is 29.8 Å². The molecule has 1 aromatic carbocycles. The number of fused-ring (bicyclic) bond motifs is 1. The summed E-state index contributed by atoms with van der Waals surface area (Å²) in [6, 6.07) is 5.36. The summed E-state index contributed by atoms with van der Waals surface area (Å²) in [5.41, 5.74) is 1.13. The third-order valence-electron chi connectivity index (χ3n) is 6.61. The minimum absolute atomic E-state index is 0.0245. The number of hydrogen-bond acceptors (Lipinski definition) is 7. The number of carbonyl (C=O) groups excluding carboxylic acids is 2. The van der Waals surface area contributed by atoms with E-state index in [0.29, 0.717) is 30.2 Å². The van der Waals surface area contributed by atoms with Gasteiger partial charge in [0.1, 0.15) is 17.4 Å². The van der Waals surface area contributed by atoms with E-state index >= 15 is 0 Å². The van der Waals surface area contributed by atoms with Crippen molar-refractivity contribution in [3.63, 3.8) is 0 Å². The smallest absolute Gasteiger partial charge is 0.257 e. The van der Waals surface area contributed by atoms with E-state index in [1.54, 1.807) is 48.6 Å². The molecule has 3 atom stereocenters. The van der Waals surface area contributed by atoms with Crippen LogP contribution in [0.4, 0.5) is 5.69 Å². The highest BCUT2D eigenvalue weighted by Gasteiger charge is 2.31. The Morgan fingerprint density at radius 1 is 1.29 bits per heavy atom. The third kappa shape index (κ3) is 5.95. The van der Waals surface area contributed by atoms with Crippen LogP contribution in [-0.4, -0.2) is 72.6 Å². The van der Waals surface area contributed by atoms with Gasteiger partial charge in [0, 0.05) is 62.5 Å². The van der Waals surface area contributed by atoms with Gasteiger partial charge in [-0.25, -0.2) is 4.98 Å². The molecule has 2 heterocycles. The normalized spacial score (nSPS) is 24.5. The number of anilines is 1. The molecule has 1 N–H and O–H groups in total. The third-order valence-corrected chi connectivity index (χ3v) is 7.38. The molecule has 184 valence electrons. The lowest BCUT2D eigenvalue weighted by Crippen LogP contribution is -2.46. The molecule has 0 spiro atoms. The Hall–Kier alpha value is -2.49. The fraction of sp³-hybridized carbons (Fsp3) is 0.560. The predicted molar refractivity (Wildman–Crippen MR) is 132 cm³/mol. The highest BCUT2D eigenvalue weighted by molar-refractivity contribution is 7.09. The molecular weight excluding hydrogens is 452 g/mol. The number of amides is 2. The molecule has 1 aliphatic carbocycles. The number of likely N-dealkylation sites (N-methyl/N-ethyl adjacent to an activating group) is 1. The topological polar surface area (TPSA) is 84.0 Å². The van der Waals surface area contributed by atoms with E-state index < -0.39 is 0 Å². The van der Waals surface area contributed by atoms with Gasteiger partial charge in [-0.2, -0.15) is 0 Å². The lowest BCUT2D eigenvalue weighted by Gasteiger charge is -2.35. The van der Waals surface area contributed by atoms with Gasteiger partial charge in [0.2, 0.25) is 5.91 Å². The number of carbonyl (C=O) groups is 2. The second-order valence-electron chi connectivity index (χ2n) is 9.43. The van der Waals surface area contributed by atoms with Crippen LogP contribution in [0.3, 0.4) is 0 Å². The van der Waals surface area contributed by atoms with E-state index in [1.807, 2.05) is 11.6 Å². The zero-order valence-corrected chi connectivity index (χ0v) is 21.1. The molecule has 2 amide bonds. The number of methoxy groups -OCH3 is 1. The fourth-order valence-corrected chi connectivity index (χ4v) is 4.88. The van der Waals surface area contributed by atoms with Crippen LogP contribution in [-0.2, 0) is 16.1 Å². The van der Waals surface area contributed by atoms with Gasteiger partial charge in [-0.15, -0.1) is 11.3 Å². The molecule has 34 heavy (non-hydrogen) atoms. The number of benzene rings is 1. The Morgan fingerprint density at radius 3 is 2.76 bits per heavy atom. The summed E-state index contributed by atoms with van der Waals surface area (Å²) < 4.78 is 12.1. The maximum atomic E-state index is 13.3. The standard InChI is InChI=1S/C25H34N4O4S/c1-16-12-29(14-23-26-9-10-34-23)17(2)15-33-21-11-19(27-24(30)18-5-6-18)7-8-20(21)25(31)28(3)13-22(16)32-4/h7-11,16-18,22H,5-6,12-15H2,1-4H3,(H,27,30)/t16-,17+,22-/m1/s1. The quantitative estimate of drug-likeness (QED) is 0.697. The van der Waals surface area contributed by atoms with Crippen LogP contribution in [0.5, 0.6) is 5.75 Å². The number of aromatic nitrogens is 1. The largest absolute Gasteiger partial charge is 0.491 e. The number of thiazole rings is 1. The molecule has 1 aromatic heterocycles. The highest BCUT2D eigenvalue weighted by Crippen LogP contribution is 2.32. The minimum Gasteiger partial charge on any atom is -0.491 e. The molecule has 2 aromatic rings. The Morgan fingerprint density at radius 2 is 2.09 bits per heavy atom. The first-order chi connectivity index (χ1) is 16.4. The second-order valence-corrected chi connectivity index (χ2v) is 10.4. The molecule has 0 radical (unpaired) electrons. The van der Waals surface area contributed by atoms with Gasteiger partial charge in [0.15, 0.2) is 0 Å². The van der Waals surface area contributed by atoms with Crippen molar-refractivity contribution < 1.29 is 19.1 Å². The first-order valence-corrected chi connectivity index (χ1v) is 12.7. The second kappa shape index (κ2) is 10.8. The molecule has 0 saturated heterocycles. The van der Waals surface area contributed by atoms with Gasteiger partial charge in [-0.05, 0) is 37.8 Å². The van der Waals surface area contributed by atoms with Gasteiger partial charge in [0.05, 0.1) is 18.2 Å². The van der Waals surface area contributed by atoms with Gasteiger partial charge < -0.3 is 19.7 Å². The fourth-order valence-electron chi connectivity index (χ4n) is 4.24. The number of nitrogens with zero attached hydrogens (tertiary/aromatic N) is 3. The number of hydrogen-bond donors (Lipinski definition) is 1. The predicted octanol–water partition coefficient (Wildman–Crippen LogP) is 3.50. The summed E-state index contributed by atoms with van der Waals surface area (Å²) in [7, 11) is 3.49. The average molecular weight is 487 g/mol. The Labute approximate surface area is 205 Å². The molecule has 1 aliphatic heterocycles. The van der Waals surface area contributed by atoms with Crippen molar-refractivity contribution >= 4 is 28.8 Å². The number of nitrogens with one attached hydrogen (secondary N) is 1. The summed E-state index contributed by atoms with van der Waals surface area (Å²) in [4.78, 5) is 34.1. The lowest BCUT2D eigenvalue weighted by atomic mass is 10.0. The molecule has 0 unspecified atom stereocenters. The van der Waals surface area contributed by atoms with Crippen LogP contribution in [0.2, 0.25) is 0 Å². The number of rotatable bonds is 5. The van der Waals surface area contributed by atoms with E-state index in [0.717, 1.165) is 30.9 Å². The summed E-state index contributed by atoms with van der Waals surface area (Å²) in [6.45, 7) is 6.66. The first kappa shape index (κ1) is 24.6. The van der Waals surface area contributed by atoms with Crippen LogP contribution in [0.1, 0.15) is 42.1 Å². The van der Waals surface area contributed by atoms with E-state index in [-0.39, 0.29) is 35.8 Å². The molecule has 9 heteroatoms. The SMILES string of the molecule is CO[C@@H]1CN(C)C(=O)c2ccc(NC(=O)C3CC3)cc2OC[C@H](C)N(Cc2nccs2)C[C@H]1C. The summed E-state index contributed by atoms with van der Waals surface area (Å²) in [6.07, 6.45) is 3.58. The van der Waals surface area contributed by atoms with Crippen molar-refractivity contribution in [2.45, 2.75) is 45.4 Å². The summed E-state index contributed by atoms with van der Waals surface area (Å²) >= 11 is 1.64. The van der Waals surface area contributed by atoms with E-state index in [9.17, 15) is 9.59 Å². The lowest BCUT2D eigenvalue weighted by molar-refractivity contribution is -0.117.